The van der Waals surface area contributed by atoms with E-state index in [9.17, 15) is 9.59 Å². The number of ether oxygens (including phenoxy) is 3. The molecule has 6 heteroatoms. The van der Waals surface area contributed by atoms with Gasteiger partial charge in [0.25, 0.3) is 0 Å². The molecule has 246 valence electrons. The summed E-state index contributed by atoms with van der Waals surface area (Å²) in [5.41, 5.74) is -0.217. The van der Waals surface area contributed by atoms with E-state index in [-0.39, 0.29) is 12.1 Å². The van der Waals surface area contributed by atoms with Crippen LogP contribution < -0.4 is 0 Å². The van der Waals surface area contributed by atoms with E-state index in [0.717, 1.165) is 32.1 Å². The summed E-state index contributed by atoms with van der Waals surface area (Å²) in [6.45, 7) is 6.51. The van der Waals surface area contributed by atoms with Crippen molar-refractivity contribution in [2.24, 2.45) is 0 Å². The van der Waals surface area contributed by atoms with Crippen LogP contribution in [0.15, 0.2) is 60.7 Å². The zero-order valence-corrected chi connectivity index (χ0v) is 27.8. The van der Waals surface area contributed by atoms with Gasteiger partial charge in [-0.1, -0.05) is 119 Å². The second kappa shape index (κ2) is 16.2. The molecule has 3 aliphatic heterocycles. The van der Waals surface area contributed by atoms with Gasteiger partial charge in [0.05, 0.1) is 25.2 Å². The second-order valence-electron chi connectivity index (χ2n) is 13.8. The number of esters is 2. The van der Waals surface area contributed by atoms with Crippen molar-refractivity contribution in [3.8, 4) is 0 Å². The van der Waals surface area contributed by atoms with Crippen LogP contribution in [0.3, 0.4) is 0 Å². The molecule has 2 aromatic carbocycles. The summed E-state index contributed by atoms with van der Waals surface area (Å²) in [7, 11) is 0. The van der Waals surface area contributed by atoms with E-state index in [1.807, 2.05) is 60.7 Å². The predicted molar refractivity (Wildman–Crippen MR) is 177 cm³/mol. The number of carbonyl (C=O) groups excluding carboxylic acids is 2. The summed E-state index contributed by atoms with van der Waals surface area (Å²) < 4.78 is 20.1. The molecule has 0 aromatic heterocycles. The second-order valence-corrected chi connectivity index (χ2v) is 13.8. The number of hydrogen-bond donors (Lipinski definition) is 0. The van der Waals surface area contributed by atoms with Crippen molar-refractivity contribution >= 4 is 11.9 Å². The van der Waals surface area contributed by atoms with E-state index in [4.69, 9.17) is 14.2 Å². The summed E-state index contributed by atoms with van der Waals surface area (Å²) >= 11 is 0. The predicted octanol–water partition coefficient (Wildman–Crippen LogP) is 8.60. The Morgan fingerprint density at radius 3 is 1.82 bits per heavy atom. The molecule has 0 amide bonds. The van der Waals surface area contributed by atoms with Crippen LogP contribution in [0.2, 0.25) is 0 Å². The minimum Gasteiger partial charge on any atom is -0.459 e. The molecule has 45 heavy (non-hydrogen) atoms. The van der Waals surface area contributed by atoms with Gasteiger partial charge in [0.2, 0.25) is 11.9 Å². The van der Waals surface area contributed by atoms with Gasteiger partial charge in [0.15, 0.2) is 0 Å². The normalized spacial score (nSPS) is 22.8. The Kier molecular flexibility index (Phi) is 12.1. The lowest BCUT2D eigenvalue weighted by Crippen LogP contribution is -2.60. The quantitative estimate of drug-likeness (QED) is 0.0769. The molecule has 0 N–H and O–H groups in total. The first-order valence-electron chi connectivity index (χ1n) is 18.0. The van der Waals surface area contributed by atoms with Gasteiger partial charge >= 0.3 is 11.9 Å². The maximum absolute atomic E-state index is 14.6. The number of rotatable bonds is 17. The highest BCUT2D eigenvalue weighted by molar-refractivity contribution is 5.86. The van der Waals surface area contributed by atoms with Crippen LogP contribution in [0.25, 0.3) is 0 Å². The van der Waals surface area contributed by atoms with Crippen LogP contribution in [-0.4, -0.2) is 54.0 Å². The fraction of sp³-hybridized carbons (Fsp3) is 0.641. The first-order valence-corrected chi connectivity index (χ1v) is 18.0. The van der Waals surface area contributed by atoms with E-state index in [1.165, 1.54) is 81.8 Å². The van der Waals surface area contributed by atoms with E-state index in [1.54, 1.807) is 6.92 Å². The van der Waals surface area contributed by atoms with E-state index in [0.29, 0.717) is 29.6 Å². The summed E-state index contributed by atoms with van der Waals surface area (Å²) in [4.78, 5) is 27.5. The standard InChI is InChI=1S/C39H56NO5/c1-3-4-5-6-7-8-9-10-17-24-37(41)43-31(2)45-39(32-20-13-11-14-21-32,33-22-15-12-16-23-33)38(42)44-36-29-34-25-26-35(30-36)40(34)27-18-19-28-40/h11-16,20-23,31,34-36H,3-10,17-19,24-30H2,1-2H3/q+1. The van der Waals surface area contributed by atoms with Crippen LogP contribution in [0.1, 0.15) is 128 Å². The number of carbonyl (C=O) groups is 2. The Morgan fingerprint density at radius 1 is 0.778 bits per heavy atom. The summed E-state index contributed by atoms with van der Waals surface area (Å²) in [5, 5.41) is 0. The van der Waals surface area contributed by atoms with Gasteiger partial charge in [0, 0.05) is 44.9 Å². The Labute approximate surface area is 271 Å². The largest absolute Gasteiger partial charge is 0.459 e. The van der Waals surface area contributed by atoms with E-state index in [2.05, 4.69) is 6.92 Å². The number of benzene rings is 2. The Bertz CT molecular complexity index is 1140. The molecule has 3 fully saturated rings. The summed E-state index contributed by atoms with van der Waals surface area (Å²) in [6.07, 6.45) is 16.8. The maximum Gasteiger partial charge on any atom is 0.348 e. The van der Waals surface area contributed by atoms with Crippen molar-refractivity contribution in [2.75, 3.05) is 13.1 Å². The fourth-order valence-corrected chi connectivity index (χ4v) is 8.57. The van der Waals surface area contributed by atoms with Gasteiger partial charge in [-0.25, -0.2) is 4.79 Å². The topological polar surface area (TPSA) is 61.8 Å². The van der Waals surface area contributed by atoms with Crippen molar-refractivity contribution in [3.63, 3.8) is 0 Å². The first kappa shape index (κ1) is 33.7. The molecule has 3 aliphatic rings. The molecule has 3 saturated heterocycles. The summed E-state index contributed by atoms with van der Waals surface area (Å²) in [5.74, 6) is -0.724. The molecular formula is C39H56NO5+. The number of unbranched alkanes of at least 4 members (excludes halogenated alkanes) is 8. The van der Waals surface area contributed by atoms with Gasteiger partial charge in [-0.15, -0.1) is 0 Å². The first-order chi connectivity index (χ1) is 22.0. The van der Waals surface area contributed by atoms with Crippen LogP contribution in [0, 0.1) is 0 Å². The van der Waals surface area contributed by atoms with Crippen LogP contribution in [0.4, 0.5) is 0 Å². The SMILES string of the molecule is CCCCCCCCCCCC(=O)OC(C)OC(C(=O)OC1CC2CCC(C1)[N+]21CCCC1)(c1ccccc1)c1ccccc1. The molecule has 0 radical (unpaired) electrons. The highest BCUT2D eigenvalue weighted by Crippen LogP contribution is 2.47. The molecule has 1 spiro atoms. The lowest BCUT2D eigenvalue weighted by atomic mass is 9.85. The van der Waals surface area contributed by atoms with Crippen molar-refractivity contribution in [2.45, 2.75) is 147 Å². The van der Waals surface area contributed by atoms with Gasteiger partial charge in [-0.05, 0) is 24.5 Å². The zero-order chi connectivity index (χ0) is 31.5. The molecule has 3 atom stereocenters. The molecule has 0 aliphatic carbocycles. The minimum absolute atomic E-state index is 0.140. The number of quaternary nitrogens is 1. The monoisotopic (exact) mass is 618 g/mol. The fourth-order valence-electron chi connectivity index (χ4n) is 8.57. The Balaban J connectivity index is 1.25. The van der Waals surface area contributed by atoms with Crippen molar-refractivity contribution in [3.05, 3.63) is 71.8 Å². The van der Waals surface area contributed by atoms with E-state index >= 15 is 0 Å². The highest BCUT2D eigenvalue weighted by Gasteiger charge is 2.57. The molecule has 3 unspecified atom stereocenters. The van der Waals surface area contributed by atoms with Crippen LogP contribution in [-0.2, 0) is 29.4 Å². The van der Waals surface area contributed by atoms with Crippen molar-refractivity contribution in [1.29, 1.82) is 0 Å². The number of nitrogens with zero attached hydrogens (tertiary/aromatic N) is 1. The molecular weight excluding hydrogens is 562 g/mol. The zero-order valence-electron chi connectivity index (χ0n) is 27.8. The molecule has 2 bridgehead atoms. The molecule has 5 rings (SSSR count). The van der Waals surface area contributed by atoms with Crippen molar-refractivity contribution < 1.29 is 28.3 Å². The van der Waals surface area contributed by atoms with Crippen molar-refractivity contribution in [1.82, 2.24) is 0 Å². The van der Waals surface area contributed by atoms with Gasteiger partial charge in [-0.3, -0.25) is 4.79 Å². The maximum atomic E-state index is 14.6. The van der Waals surface area contributed by atoms with Gasteiger partial charge < -0.3 is 18.7 Å². The van der Waals surface area contributed by atoms with Crippen LogP contribution >= 0.6 is 0 Å². The number of piperidine rings is 1. The Morgan fingerprint density at radius 2 is 1.29 bits per heavy atom. The van der Waals surface area contributed by atoms with E-state index < -0.39 is 17.9 Å². The molecule has 6 nitrogen and oxygen atoms in total. The smallest absolute Gasteiger partial charge is 0.348 e. The third-order valence-electron chi connectivity index (χ3n) is 10.8. The highest BCUT2D eigenvalue weighted by atomic mass is 16.7. The minimum atomic E-state index is -1.56. The van der Waals surface area contributed by atoms with Gasteiger partial charge in [-0.2, -0.15) is 0 Å². The average molecular weight is 619 g/mol. The Hall–Kier alpha value is -2.70. The molecule has 2 aromatic rings. The number of hydrogen-bond acceptors (Lipinski definition) is 5. The average Bonchev–Trinajstić information content (AvgIpc) is 3.60. The third-order valence-corrected chi connectivity index (χ3v) is 10.8. The lowest BCUT2D eigenvalue weighted by molar-refractivity contribution is -0.956. The summed E-state index contributed by atoms with van der Waals surface area (Å²) in [6, 6.07) is 20.3. The van der Waals surface area contributed by atoms with Gasteiger partial charge in [0.1, 0.15) is 6.10 Å². The molecule has 3 heterocycles. The van der Waals surface area contributed by atoms with Crippen LogP contribution in [0.5, 0.6) is 0 Å². The molecule has 0 saturated carbocycles. The third kappa shape index (κ3) is 8.00. The lowest BCUT2D eigenvalue weighted by Gasteiger charge is -2.47.